The molecule has 1 unspecified atom stereocenters. The molecule has 2 aromatic rings. The van der Waals surface area contributed by atoms with Gasteiger partial charge in [-0.2, -0.15) is 0 Å². The van der Waals surface area contributed by atoms with E-state index in [1.165, 1.54) is 16.7 Å². The van der Waals surface area contributed by atoms with Crippen molar-refractivity contribution in [3.63, 3.8) is 0 Å². The van der Waals surface area contributed by atoms with E-state index >= 15 is 0 Å². The van der Waals surface area contributed by atoms with Crippen LogP contribution in [-0.2, 0) is 6.42 Å². The van der Waals surface area contributed by atoms with Crippen molar-refractivity contribution in [1.29, 1.82) is 0 Å². The van der Waals surface area contributed by atoms with Crippen LogP contribution in [0, 0.1) is 6.92 Å². The van der Waals surface area contributed by atoms with Gasteiger partial charge in [0.05, 0.1) is 7.11 Å². The summed E-state index contributed by atoms with van der Waals surface area (Å²) in [6, 6.07) is 17.3. The maximum atomic E-state index is 5.21. The number of benzene rings is 2. The second kappa shape index (κ2) is 7.11. The molecule has 1 N–H and O–H groups in total. The van der Waals surface area contributed by atoms with Gasteiger partial charge in [-0.3, -0.25) is 0 Å². The molecule has 2 aromatic carbocycles. The summed E-state index contributed by atoms with van der Waals surface area (Å²) >= 11 is 0. The van der Waals surface area contributed by atoms with Crippen LogP contribution in [0.1, 0.15) is 29.2 Å². The zero-order chi connectivity index (χ0) is 14.4. The molecule has 0 heterocycles. The highest BCUT2D eigenvalue weighted by Gasteiger charge is 2.10. The molecule has 0 bridgehead atoms. The molecule has 0 aromatic heterocycles. The summed E-state index contributed by atoms with van der Waals surface area (Å²) in [7, 11) is 3.72. The van der Waals surface area contributed by atoms with Gasteiger partial charge in [-0.1, -0.05) is 36.4 Å². The van der Waals surface area contributed by atoms with Gasteiger partial charge in [0, 0.05) is 6.04 Å². The zero-order valence-corrected chi connectivity index (χ0v) is 12.5. The molecule has 0 radical (unpaired) electrons. The minimum Gasteiger partial charge on any atom is -0.497 e. The first-order valence-corrected chi connectivity index (χ1v) is 7.10. The fourth-order valence-electron chi connectivity index (χ4n) is 2.50. The first-order valence-electron chi connectivity index (χ1n) is 7.10. The van der Waals surface area contributed by atoms with Gasteiger partial charge >= 0.3 is 0 Å². The van der Waals surface area contributed by atoms with Crippen molar-refractivity contribution in [3.8, 4) is 5.75 Å². The van der Waals surface area contributed by atoms with Crippen LogP contribution >= 0.6 is 0 Å². The predicted molar refractivity (Wildman–Crippen MR) is 84.3 cm³/mol. The number of rotatable bonds is 6. The minimum atomic E-state index is 0.375. The third-order valence-electron chi connectivity index (χ3n) is 3.83. The summed E-state index contributed by atoms with van der Waals surface area (Å²) in [4.78, 5) is 0. The normalized spacial score (nSPS) is 12.2. The van der Waals surface area contributed by atoms with Crippen LogP contribution in [0.25, 0.3) is 0 Å². The van der Waals surface area contributed by atoms with Crippen LogP contribution in [0.5, 0.6) is 5.75 Å². The number of methoxy groups -OCH3 is 1. The van der Waals surface area contributed by atoms with E-state index in [1.54, 1.807) is 7.11 Å². The van der Waals surface area contributed by atoms with Crippen LogP contribution in [0.15, 0.2) is 48.5 Å². The summed E-state index contributed by atoms with van der Waals surface area (Å²) in [5, 5.41) is 3.40. The Hall–Kier alpha value is -1.80. The molecule has 0 aliphatic heterocycles. The molecule has 106 valence electrons. The quantitative estimate of drug-likeness (QED) is 0.859. The highest BCUT2D eigenvalue weighted by Crippen LogP contribution is 2.22. The fraction of sp³-hybridized carbons (Fsp3) is 0.333. The lowest BCUT2D eigenvalue weighted by Gasteiger charge is -2.17. The van der Waals surface area contributed by atoms with Gasteiger partial charge in [-0.15, -0.1) is 0 Å². The lowest BCUT2D eigenvalue weighted by atomic mass is 9.97. The van der Waals surface area contributed by atoms with Gasteiger partial charge in [0.2, 0.25) is 0 Å². The predicted octanol–water partition coefficient (Wildman–Crippen LogP) is 3.90. The standard InChI is InChI=1S/C18H23NO/c1-14-6-4-5-7-15(14)10-13-18(19-2)16-8-11-17(20-3)12-9-16/h4-9,11-12,18-19H,10,13H2,1-3H3. The molecule has 0 saturated carbocycles. The van der Waals surface area contributed by atoms with E-state index in [9.17, 15) is 0 Å². The van der Waals surface area contributed by atoms with Crippen LogP contribution < -0.4 is 10.1 Å². The van der Waals surface area contributed by atoms with E-state index in [-0.39, 0.29) is 0 Å². The van der Waals surface area contributed by atoms with Crippen molar-refractivity contribution in [1.82, 2.24) is 5.32 Å². The molecule has 0 fully saturated rings. The molecule has 2 heteroatoms. The van der Waals surface area contributed by atoms with Gasteiger partial charge in [0.25, 0.3) is 0 Å². The highest BCUT2D eigenvalue weighted by molar-refractivity contribution is 5.30. The first kappa shape index (κ1) is 14.6. The van der Waals surface area contributed by atoms with Crippen LogP contribution in [-0.4, -0.2) is 14.2 Å². The van der Waals surface area contributed by atoms with Crippen molar-refractivity contribution in [3.05, 3.63) is 65.2 Å². The van der Waals surface area contributed by atoms with Crippen molar-refractivity contribution in [2.24, 2.45) is 0 Å². The molecular formula is C18H23NO. The Morgan fingerprint density at radius 2 is 1.75 bits per heavy atom. The molecule has 0 amide bonds. The summed E-state index contributed by atoms with van der Waals surface area (Å²) in [5.74, 6) is 0.905. The van der Waals surface area contributed by atoms with Crippen molar-refractivity contribution < 1.29 is 4.74 Å². The zero-order valence-electron chi connectivity index (χ0n) is 12.5. The smallest absolute Gasteiger partial charge is 0.118 e. The Morgan fingerprint density at radius 1 is 1.05 bits per heavy atom. The second-order valence-corrected chi connectivity index (χ2v) is 5.08. The molecule has 20 heavy (non-hydrogen) atoms. The Labute approximate surface area is 121 Å². The largest absolute Gasteiger partial charge is 0.497 e. The number of hydrogen-bond donors (Lipinski definition) is 1. The lowest BCUT2D eigenvalue weighted by Crippen LogP contribution is -2.17. The Balaban J connectivity index is 2.03. The minimum absolute atomic E-state index is 0.375. The molecule has 0 aliphatic carbocycles. The molecule has 0 spiro atoms. The van der Waals surface area contributed by atoms with E-state index in [1.807, 2.05) is 19.2 Å². The summed E-state index contributed by atoms with van der Waals surface area (Å²) in [6.07, 6.45) is 2.18. The van der Waals surface area contributed by atoms with E-state index in [0.29, 0.717) is 6.04 Å². The summed E-state index contributed by atoms with van der Waals surface area (Å²) in [6.45, 7) is 2.18. The van der Waals surface area contributed by atoms with Crippen molar-refractivity contribution >= 4 is 0 Å². The van der Waals surface area contributed by atoms with E-state index in [2.05, 4.69) is 48.6 Å². The van der Waals surface area contributed by atoms with Crippen molar-refractivity contribution in [2.75, 3.05) is 14.2 Å². The lowest BCUT2D eigenvalue weighted by molar-refractivity contribution is 0.414. The van der Waals surface area contributed by atoms with Gasteiger partial charge in [0.15, 0.2) is 0 Å². The average molecular weight is 269 g/mol. The van der Waals surface area contributed by atoms with Crippen molar-refractivity contribution in [2.45, 2.75) is 25.8 Å². The van der Waals surface area contributed by atoms with Gasteiger partial charge in [0.1, 0.15) is 5.75 Å². The average Bonchev–Trinajstić information content (AvgIpc) is 2.50. The van der Waals surface area contributed by atoms with Crippen LogP contribution in [0.3, 0.4) is 0 Å². The summed E-state index contributed by atoms with van der Waals surface area (Å²) in [5.41, 5.74) is 4.11. The Bertz CT molecular complexity index is 533. The van der Waals surface area contributed by atoms with Crippen LogP contribution in [0.4, 0.5) is 0 Å². The number of aryl methyl sites for hydroxylation is 2. The second-order valence-electron chi connectivity index (χ2n) is 5.08. The van der Waals surface area contributed by atoms with E-state index in [0.717, 1.165) is 18.6 Å². The first-order chi connectivity index (χ1) is 9.74. The monoisotopic (exact) mass is 269 g/mol. The van der Waals surface area contributed by atoms with Gasteiger partial charge in [-0.05, 0) is 55.6 Å². The third-order valence-corrected chi connectivity index (χ3v) is 3.83. The Kier molecular flexibility index (Phi) is 5.19. The van der Waals surface area contributed by atoms with Gasteiger partial charge < -0.3 is 10.1 Å². The maximum Gasteiger partial charge on any atom is 0.118 e. The molecule has 0 aliphatic rings. The van der Waals surface area contributed by atoms with Crippen LogP contribution in [0.2, 0.25) is 0 Å². The SMILES string of the molecule is CNC(CCc1ccccc1C)c1ccc(OC)cc1. The Morgan fingerprint density at radius 3 is 2.35 bits per heavy atom. The number of nitrogens with one attached hydrogen (secondary N) is 1. The number of ether oxygens (including phenoxy) is 1. The molecule has 0 saturated heterocycles. The van der Waals surface area contributed by atoms with E-state index in [4.69, 9.17) is 4.74 Å². The highest BCUT2D eigenvalue weighted by atomic mass is 16.5. The molecule has 1 atom stereocenters. The van der Waals surface area contributed by atoms with Gasteiger partial charge in [-0.25, -0.2) is 0 Å². The van der Waals surface area contributed by atoms with E-state index < -0.39 is 0 Å². The maximum absolute atomic E-state index is 5.21. The fourth-order valence-corrected chi connectivity index (χ4v) is 2.50. The molecule has 2 nitrogen and oxygen atoms in total. The molecule has 2 rings (SSSR count). The number of hydrogen-bond acceptors (Lipinski definition) is 2. The summed E-state index contributed by atoms with van der Waals surface area (Å²) < 4.78 is 5.21. The molecular weight excluding hydrogens is 246 g/mol. The topological polar surface area (TPSA) is 21.3 Å². The third kappa shape index (κ3) is 3.61.